The Balaban J connectivity index is 1.92. The topological polar surface area (TPSA) is 75.4 Å². The number of hydrogen-bond donors (Lipinski definition) is 2. The summed E-state index contributed by atoms with van der Waals surface area (Å²) in [7, 11) is 0. The van der Waals surface area contributed by atoms with E-state index in [4.69, 9.17) is 4.52 Å². The first-order chi connectivity index (χ1) is 8.58. The highest BCUT2D eigenvalue weighted by Gasteiger charge is 2.15. The molecule has 0 aromatic carbocycles. The lowest BCUT2D eigenvalue weighted by Gasteiger charge is -2.10. The van der Waals surface area contributed by atoms with Crippen LogP contribution in [0.15, 0.2) is 22.0 Å². The van der Waals surface area contributed by atoms with Crippen LogP contribution >= 0.6 is 11.3 Å². The first-order valence-corrected chi connectivity index (χ1v) is 6.39. The van der Waals surface area contributed by atoms with Gasteiger partial charge < -0.3 is 14.9 Å². The first-order valence-electron chi connectivity index (χ1n) is 5.51. The van der Waals surface area contributed by atoms with Gasteiger partial charge in [0.05, 0.1) is 0 Å². The molecule has 2 rings (SSSR count). The van der Waals surface area contributed by atoms with E-state index in [2.05, 4.69) is 10.5 Å². The van der Waals surface area contributed by atoms with E-state index >= 15 is 0 Å². The summed E-state index contributed by atoms with van der Waals surface area (Å²) in [4.78, 5) is 12.5. The van der Waals surface area contributed by atoms with Crippen LogP contribution in [0.5, 0.6) is 0 Å². The molecule has 0 aliphatic heterocycles. The lowest BCUT2D eigenvalue weighted by atomic mass is 10.2. The van der Waals surface area contributed by atoms with Gasteiger partial charge in [-0.05, 0) is 30.9 Å². The maximum atomic E-state index is 11.7. The molecule has 0 bridgehead atoms. The summed E-state index contributed by atoms with van der Waals surface area (Å²) < 4.78 is 4.81. The van der Waals surface area contributed by atoms with Gasteiger partial charge in [-0.1, -0.05) is 5.16 Å². The van der Waals surface area contributed by atoms with Crippen LogP contribution < -0.4 is 5.32 Å². The monoisotopic (exact) mass is 266 g/mol. The van der Waals surface area contributed by atoms with E-state index in [1.54, 1.807) is 13.0 Å². The molecule has 18 heavy (non-hydrogen) atoms. The van der Waals surface area contributed by atoms with Crippen LogP contribution in [0.25, 0.3) is 0 Å². The van der Waals surface area contributed by atoms with E-state index in [0.29, 0.717) is 5.76 Å². The Morgan fingerprint density at radius 2 is 2.39 bits per heavy atom. The van der Waals surface area contributed by atoms with Gasteiger partial charge in [-0.2, -0.15) is 0 Å². The zero-order chi connectivity index (χ0) is 13.1. The lowest BCUT2D eigenvalue weighted by molar-refractivity contribution is 0.0908. The van der Waals surface area contributed by atoms with E-state index < -0.39 is 6.10 Å². The van der Waals surface area contributed by atoms with Crippen molar-refractivity contribution in [2.24, 2.45) is 0 Å². The third kappa shape index (κ3) is 2.77. The molecule has 1 unspecified atom stereocenters. The molecule has 1 atom stereocenters. The fraction of sp³-hybridized carbons (Fsp3) is 0.333. The number of aliphatic hydroxyl groups is 1. The Morgan fingerprint density at radius 3 is 2.94 bits per heavy atom. The Kier molecular flexibility index (Phi) is 3.78. The fourth-order valence-corrected chi connectivity index (χ4v) is 2.48. The number of carbonyl (C=O) groups excluding carboxylic acids is 1. The molecule has 1 amide bonds. The molecule has 2 heterocycles. The van der Waals surface area contributed by atoms with Crippen molar-refractivity contribution in [3.8, 4) is 0 Å². The van der Waals surface area contributed by atoms with Gasteiger partial charge in [0, 0.05) is 17.5 Å². The molecule has 0 radical (unpaired) electrons. The zero-order valence-corrected chi connectivity index (χ0v) is 11.0. The molecule has 0 saturated carbocycles. The number of carbonyl (C=O) groups is 1. The maximum Gasteiger partial charge on any atom is 0.273 e. The molecule has 2 N–H and O–H groups in total. The van der Waals surface area contributed by atoms with Crippen LogP contribution in [0, 0.1) is 13.8 Å². The molecule has 0 spiro atoms. The number of aromatic nitrogens is 1. The highest BCUT2D eigenvalue weighted by Crippen LogP contribution is 2.23. The summed E-state index contributed by atoms with van der Waals surface area (Å²) in [6, 6.07) is 3.49. The predicted octanol–water partition coefficient (Wildman–Crippen LogP) is 1.82. The summed E-state index contributed by atoms with van der Waals surface area (Å²) in [5, 5.41) is 18.1. The van der Waals surface area contributed by atoms with Crippen LogP contribution in [0.1, 0.15) is 32.8 Å². The van der Waals surface area contributed by atoms with Crippen molar-refractivity contribution < 1.29 is 14.4 Å². The highest BCUT2D eigenvalue weighted by molar-refractivity contribution is 7.10. The quantitative estimate of drug-likeness (QED) is 0.885. The van der Waals surface area contributed by atoms with Crippen molar-refractivity contribution in [2.75, 3.05) is 6.54 Å². The number of hydrogen-bond acceptors (Lipinski definition) is 5. The standard InChI is InChI=1S/C12H14N2O3S/c1-7-3-4-18-11(7)10(15)6-13-12(16)9-5-8(2)17-14-9/h3-5,10,15H,6H2,1-2H3,(H,13,16). The van der Waals surface area contributed by atoms with Gasteiger partial charge >= 0.3 is 0 Å². The largest absolute Gasteiger partial charge is 0.386 e. The van der Waals surface area contributed by atoms with E-state index in [1.165, 1.54) is 11.3 Å². The van der Waals surface area contributed by atoms with E-state index in [9.17, 15) is 9.90 Å². The van der Waals surface area contributed by atoms with Gasteiger partial charge in [0.1, 0.15) is 11.9 Å². The fourth-order valence-electron chi connectivity index (χ4n) is 1.57. The summed E-state index contributed by atoms with van der Waals surface area (Å²) in [5.41, 5.74) is 1.25. The number of rotatable bonds is 4. The molecule has 2 aromatic rings. The van der Waals surface area contributed by atoms with E-state index in [-0.39, 0.29) is 18.1 Å². The van der Waals surface area contributed by atoms with Crippen molar-refractivity contribution in [1.82, 2.24) is 10.5 Å². The molecular weight excluding hydrogens is 252 g/mol. The Bertz CT molecular complexity index is 547. The maximum absolute atomic E-state index is 11.7. The summed E-state index contributed by atoms with van der Waals surface area (Å²) >= 11 is 1.47. The smallest absolute Gasteiger partial charge is 0.273 e. The minimum Gasteiger partial charge on any atom is -0.386 e. The predicted molar refractivity (Wildman–Crippen MR) is 67.6 cm³/mol. The lowest BCUT2D eigenvalue weighted by Crippen LogP contribution is -2.28. The molecule has 0 saturated heterocycles. The molecule has 0 fully saturated rings. The second kappa shape index (κ2) is 5.32. The van der Waals surface area contributed by atoms with Crippen LogP contribution in [-0.4, -0.2) is 22.7 Å². The van der Waals surface area contributed by atoms with Crippen molar-refractivity contribution in [3.63, 3.8) is 0 Å². The molecule has 96 valence electrons. The van der Waals surface area contributed by atoms with E-state index in [0.717, 1.165) is 10.4 Å². The Hall–Kier alpha value is -1.66. The SMILES string of the molecule is Cc1cc(C(=O)NCC(O)c2sccc2C)no1. The number of thiophene rings is 1. The van der Waals surface area contributed by atoms with E-state index in [1.807, 2.05) is 18.4 Å². The summed E-state index contributed by atoms with van der Waals surface area (Å²) in [6.07, 6.45) is -0.693. The normalized spacial score (nSPS) is 12.4. The molecule has 6 heteroatoms. The van der Waals surface area contributed by atoms with Crippen molar-refractivity contribution in [3.05, 3.63) is 39.4 Å². The van der Waals surface area contributed by atoms with Gasteiger partial charge in [0.2, 0.25) is 0 Å². The third-order valence-corrected chi connectivity index (χ3v) is 3.64. The molecule has 5 nitrogen and oxygen atoms in total. The number of nitrogens with one attached hydrogen (secondary N) is 1. The Morgan fingerprint density at radius 1 is 1.61 bits per heavy atom. The van der Waals surface area contributed by atoms with Gasteiger partial charge in [-0.25, -0.2) is 0 Å². The van der Waals surface area contributed by atoms with Crippen molar-refractivity contribution in [2.45, 2.75) is 20.0 Å². The van der Waals surface area contributed by atoms with Gasteiger partial charge in [0.25, 0.3) is 5.91 Å². The number of nitrogens with zero attached hydrogens (tertiary/aromatic N) is 1. The number of aliphatic hydroxyl groups excluding tert-OH is 1. The molecule has 0 aliphatic rings. The van der Waals surface area contributed by atoms with Crippen LogP contribution in [0.3, 0.4) is 0 Å². The first kappa shape index (κ1) is 12.8. The average molecular weight is 266 g/mol. The molecule has 2 aromatic heterocycles. The van der Waals surface area contributed by atoms with Crippen LogP contribution in [0.4, 0.5) is 0 Å². The molecular formula is C12H14N2O3S. The van der Waals surface area contributed by atoms with Crippen LogP contribution in [-0.2, 0) is 0 Å². The number of aryl methyl sites for hydroxylation is 2. The van der Waals surface area contributed by atoms with Gasteiger partial charge in [0.15, 0.2) is 5.69 Å². The second-order valence-electron chi connectivity index (χ2n) is 4.02. The summed E-state index contributed by atoms with van der Waals surface area (Å²) in [6.45, 7) is 3.80. The average Bonchev–Trinajstić information content (AvgIpc) is 2.94. The Labute approximate surface area is 108 Å². The summed E-state index contributed by atoms with van der Waals surface area (Å²) in [5.74, 6) is 0.231. The van der Waals surface area contributed by atoms with Gasteiger partial charge in [-0.15, -0.1) is 11.3 Å². The van der Waals surface area contributed by atoms with Crippen LogP contribution in [0.2, 0.25) is 0 Å². The third-order valence-electron chi connectivity index (χ3n) is 2.52. The second-order valence-corrected chi connectivity index (χ2v) is 4.96. The highest BCUT2D eigenvalue weighted by atomic mass is 32.1. The zero-order valence-electron chi connectivity index (χ0n) is 10.1. The minimum absolute atomic E-state index is 0.159. The number of amides is 1. The molecule has 0 aliphatic carbocycles. The van der Waals surface area contributed by atoms with Crippen molar-refractivity contribution >= 4 is 17.2 Å². The van der Waals surface area contributed by atoms with Crippen molar-refractivity contribution in [1.29, 1.82) is 0 Å². The van der Waals surface area contributed by atoms with Gasteiger partial charge in [-0.3, -0.25) is 4.79 Å². The minimum atomic E-state index is -0.693.